The maximum Gasteiger partial charge on any atom is 0.262 e. The van der Waals surface area contributed by atoms with E-state index in [1.807, 2.05) is 24.3 Å². The number of aromatic nitrogens is 3. The minimum atomic E-state index is -0.516. The van der Waals surface area contributed by atoms with Crippen LogP contribution in [0.4, 0.5) is 5.69 Å². The molecule has 3 aromatic heterocycles. The van der Waals surface area contributed by atoms with E-state index < -0.39 is 5.56 Å². The number of hydrogen-bond donors (Lipinski definition) is 3. The van der Waals surface area contributed by atoms with Crippen LogP contribution in [0.3, 0.4) is 0 Å². The van der Waals surface area contributed by atoms with Crippen molar-refractivity contribution in [2.24, 2.45) is 12.1 Å². The Kier molecular flexibility index (Phi) is 3.92. The molecule has 0 amide bonds. The quantitative estimate of drug-likeness (QED) is 0.381. The Balaban J connectivity index is 1.75. The van der Waals surface area contributed by atoms with Gasteiger partial charge in [0.1, 0.15) is 17.0 Å². The van der Waals surface area contributed by atoms with Crippen LogP contribution in [0.5, 0.6) is 5.75 Å². The number of aromatic amines is 1. The van der Waals surface area contributed by atoms with E-state index in [4.69, 9.17) is 0 Å². The predicted octanol–water partition coefficient (Wildman–Crippen LogP) is 1.93. The van der Waals surface area contributed by atoms with Crippen molar-refractivity contribution in [1.29, 1.82) is 0 Å². The summed E-state index contributed by atoms with van der Waals surface area (Å²) in [6.07, 6.45) is 2.74. The first-order valence-corrected chi connectivity index (χ1v) is 8.14. The normalized spacial score (nSPS) is 11.4. The second kappa shape index (κ2) is 6.41. The number of pyridine rings is 3. The summed E-state index contributed by atoms with van der Waals surface area (Å²) >= 11 is 0. The molecule has 0 unspecified atom stereocenters. The van der Waals surface area contributed by atoms with Crippen molar-refractivity contribution in [3.05, 3.63) is 74.9 Å². The number of H-pyrrole nitrogens is 1. The molecule has 0 aliphatic rings. The topological polar surface area (TPSA) is 112 Å². The van der Waals surface area contributed by atoms with Gasteiger partial charge in [-0.2, -0.15) is 5.10 Å². The fraction of sp³-hybridized carbons (Fsp3) is 0.0526. The average Bonchev–Trinajstić information content (AvgIpc) is 2.68. The highest BCUT2D eigenvalue weighted by atomic mass is 16.3. The lowest BCUT2D eigenvalue weighted by atomic mass is 10.2. The zero-order valence-electron chi connectivity index (χ0n) is 14.3. The summed E-state index contributed by atoms with van der Waals surface area (Å²) in [7, 11) is 1.69. The van der Waals surface area contributed by atoms with Crippen LogP contribution in [-0.2, 0) is 7.05 Å². The van der Waals surface area contributed by atoms with E-state index in [2.05, 4.69) is 20.5 Å². The van der Waals surface area contributed by atoms with Crippen LogP contribution < -0.4 is 16.5 Å². The molecule has 0 bridgehead atoms. The zero-order valence-corrected chi connectivity index (χ0v) is 14.3. The van der Waals surface area contributed by atoms with E-state index in [-0.39, 0.29) is 16.9 Å². The lowest BCUT2D eigenvalue weighted by molar-refractivity contribution is 0.479. The van der Waals surface area contributed by atoms with Gasteiger partial charge in [0.2, 0.25) is 0 Å². The van der Waals surface area contributed by atoms with Crippen molar-refractivity contribution in [3.63, 3.8) is 0 Å². The molecule has 1 aromatic carbocycles. The van der Waals surface area contributed by atoms with Crippen molar-refractivity contribution >= 4 is 33.8 Å². The molecule has 0 fully saturated rings. The molecule has 0 spiro atoms. The van der Waals surface area contributed by atoms with Crippen molar-refractivity contribution in [2.45, 2.75) is 0 Å². The van der Waals surface area contributed by atoms with Gasteiger partial charge in [-0.05, 0) is 18.2 Å². The third kappa shape index (κ3) is 2.82. The molecule has 0 saturated carbocycles. The molecule has 3 heterocycles. The summed E-state index contributed by atoms with van der Waals surface area (Å²) in [5, 5.41) is 15.6. The summed E-state index contributed by atoms with van der Waals surface area (Å²) < 4.78 is 1.54. The number of para-hydroxylation sites is 1. The van der Waals surface area contributed by atoms with Gasteiger partial charge in [-0.1, -0.05) is 18.2 Å². The Morgan fingerprint density at radius 2 is 1.96 bits per heavy atom. The van der Waals surface area contributed by atoms with Gasteiger partial charge in [-0.15, -0.1) is 0 Å². The maximum absolute atomic E-state index is 12.2. The van der Waals surface area contributed by atoms with E-state index >= 15 is 0 Å². The number of anilines is 1. The van der Waals surface area contributed by atoms with Gasteiger partial charge >= 0.3 is 0 Å². The van der Waals surface area contributed by atoms with E-state index in [9.17, 15) is 14.7 Å². The number of hydrogen-bond acceptors (Lipinski definition) is 6. The standard InChI is InChI=1S/C19H15N5O3/c1-24-15-7-3-2-5-11(15)14(9-16(24)25)23-21-10-13-17(26)12-6-4-8-20-18(12)22-19(13)27/h2-10,23H,1H3,(H2,20,22,26,27)/b21-10+. The number of aryl methyl sites for hydroxylation is 1. The maximum atomic E-state index is 12.2. The minimum absolute atomic E-state index is 0.00357. The summed E-state index contributed by atoms with van der Waals surface area (Å²) in [6.45, 7) is 0. The van der Waals surface area contributed by atoms with Crippen LogP contribution in [0.15, 0.2) is 63.4 Å². The number of aromatic hydroxyl groups is 1. The monoisotopic (exact) mass is 361 g/mol. The van der Waals surface area contributed by atoms with Crippen molar-refractivity contribution in [2.75, 3.05) is 5.43 Å². The Morgan fingerprint density at radius 1 is 1.19 bits per heavy atom. The second-order valence-electron chi connectivity index (χ2n) is 5.96. The Hall–Kier alpha value is -3.94. The van der Waals surface area contributed by atoms with Crippen LogP contribution in [0.2, 0.25) is 0 Å². The van der Waals surface area contributed by atoms with E-state index in [1.165, 1.54) is 23.0 Å². The highest BCUT2D eigenvalue weighted by molar-refractivity contribution is 5.94. The van der Waals surface area contributed by atoms with Crippen LogP contribution in [0, 0.1) is 0 Å². The second-order valence-corrected chi connectivity index (χ2v) is 5.96. The highest BCUT2D eigenvalue weighted by Gasteiger charge is 2.10. The predicted molar refractivity (Wildman–Crippen MR) is 104 cm³/mol. The van der Waals surface area contributed by atoms with E-state index in [0.717, 1.165) is 10.9 Å². The van der Waals surface area contributed by atoms with Gasteiger partial charge in [0, 0.05) is 24.7 Å². The molecule has 0 atom stereocenters. The van der Waals surface area contributed by atoms with Crippen molar-refractivity contribution in [1.82, 2.24) is 14.5 Å². The summed E-state index contributed by atoms with van der Waals surface area (Å²) in [6, 6.07) is 12.1. The van der Waals surface area contributed by atoms with Crippen LogP contribution in [0.25, 0.3) is 21.9 Å². The molecular formula is C19H15N5O3. The van der Waals surface area contributed by atoms with Gasteiger partial charge in [0.15, 0.2) is 0 Å². The molecule has 8 nitrogen and oxygen atoms in total. The van der Waals surface area contributed by atoms with Crippen molar-refractivity contribution < 1.29 is 5.11 Å². The molecule has 27 heavy (non-hydrogen) atoms. The molecule has 4 rings (SSSR count). The minimum Gasteiger partial charge on any atom is -0.506 e. The van der Waals surface area contributed by atoms with E-state index in [1.54, 1.807) is 19.2 Å². The van der Waals surface area contributed by atoms with Crippen LogP contribution in [-0.4, -0.2) is 25.9 Å². The third-order valence-corrected chi connectivity index (χ3v) is 4.33. The van der Waals surface area contributed by atoms with Gasteiger partial charge in [-0.3, -0.25) is 15.0 Å². The number of fused-ring (bicyclic) bond motifs is 2. The molecule has 3 N–H and O–H groups in total. The molecule has 0 aliphatic carbocycles. The first kappa shape index (κ1) is 16.5. The first-order chi connectivity index (χ1) is 13.1. The number of benzene rings is 1. The van der Waals surface area contributed by atoms with Crippen LogP contribution in [0.1, 0.15) is 5.56 Å². The molecular weight excluding hydrogens is 346 g/mol. The first-order valence-electron chi connectivity index (χ1n) is 8.14. The van der Waals surface area contributed by atoms with Crippen molar-refractivity contribution in [3.8, 4) is 5.75 Å². The molecule has 8 heteroatoms. The Bertz CT molecular complexity index is 1320. The fourth-order valence-corrected chi connectivity index (χ4v) is 2.91. The fourth-order valence-electron chi connectivity index (χ4n) is 2.91. The molecule has 134 valence electrons. The van der Waals surface area contributed by atoms with Gasteiger partial charge in [-0.25, -0.2) is 4.98 Å². The summed E-state index contributed by atoms with van der Waals surface area (Å²) in [5.41, 5.74) is 3.62. The molecule has 0 aliphatic heterocycles. The van der Waals surface area contributed by atoms with Gasteiger partial charge in [0.05, 0.1) is 22.8 Å². The number of rotatable bonds is 3. The number of hydrazone groups is 1. The number of nitrogens with one attached hydrogen (secondary N) is 2. The van der Waals surface area contributed by atoms with E-state index in [0.29, 0.717) is 16.7 Å². The Labute approximate surface area is 152 Å². The van der Waals surface area contributed by atoms with Crippen LogP contribution >= 0.6 is 0 Å². The van der Waals surface area contributed by atoms with Gasteiger partial charge in [0.25, 0.3) is 11.1 Å². The Morgan fingerprint density at radius 3 is 2.81 bits per heavy atom. The average molecular weight is 361 g/mol. The lowest BCUT2D eigenvalue weighted by Gasteiger charge is -2.09. The molecule has 0 radical (unpaired) electrons. The molecule has 4 aromatic rings. The largest absolute Gasteiger partial charge is 0.506 e. The molecule has 0 saturated heterocycles. The van der Waals surface area contributed by atoms with Gasteiger partial charge < -0.3 is 14.7 Å². The lowest BCUT2D eigenvalue weighted by Crippen LogP contribution is -2.17. The zero-order chi connectivity index (χ0) is 19.0. The third-order valence-electron chi connectivity index (χ3n) is 4.33. The summed E-state index contributed by atoms with van der Waals surface area (Å²) in [5.74, 6) is -0.207. The highest BCUT2D eigenvalue weighted by Crippen LogP contribution is 2.23. The SMILES string of the molecule is Cn1c(=O)cc(N/N=C/c2c(O)c3cccnc3[nH]c2=O)c2ccccc21. The summed E-state index contributed by atoms with van der Waals surface area (Å²) in [4.78, 5) is 30.9. The smallest absolute Gasteiger partial charge is 0.262 e. The number of nitrogens with zero attached hydrogens (tertiary/aromatic N) is 3.